The van der Waals surface area contributed by atoms with Crippen molar-refractivity contribution in [2.75, 3.05) is 0 Å². The van der Waals surface area contributed by atoms with Crippen LogP contribution in [0.5, 0.6) is 0 Å². The molecule has 0 radical (unpaired) electrons. The van der Waals surface area contributed by atoms with Crippen molar-refractivity contribution in [3.05, 3.63) is 125 Å². The molecule has 4 aromatic carbocycles. The average molecular weight is 612 g/mol. The van der Waals surface area contributed by atoms with Crippen molar-refractivity contribution in [1.82, 2.24) is 9.38 Å². The molecule has 4 aromatic heterocycles. The zero-order valence-corrected chi connectivity index (χ0v) is 25.8. The lowest BCUT2D eigenvalue weighted by Gasteiger charge is -2.22. The molecule has 9 rings (SSSR count). The van der Waals surface area contributed by atoms with Gasteiger partial charge in [-0.1, -0.05) is 86.6 Å². The Hall–Kier alpha value is -5.77. The van der Waals surface area contributed by atoms with Gasteiger partial charge in [-0.2, -0.15) is 5.26 Å². The zero-order chi connectivity index (χ0) is 31.3. The van der Waals surface area contributed by atoms with Gasteiger partial charge in [-0.3, -0.25) is 4.40 Å². The molecule has 4 heterocycles. The number of benzene rings is 4. The number of fused-ring (bicyclic) bond motifs is 9. The van der Waals surface area contributed by atoms with Crippen molar-refractivity contribution in [3.63, 3.8) is 0 Å². The highest BCUT2D eigenvalue weighted by Crippen LogP contribution is 2.51. The molecule has 0 aliphatic heterocycles. The molecule has 1 aliphatic carbocycles. The highest BCUT2D eigenvalue weighted by molar-refractivity contribution is 7.16. The smallest absolute Gasteiger partial charge is 0.346 e. The molecule has 8 aromatic rings. The molecule has 0 unspecified atom stereocenters. The van der Waals surface area contributed by atoms with Gasteiger partial charge in [-0.15, -0.1) is 11.3 Å². The summed E-state index contributed by atoms with van der Waals surface area (Å²) < 4.78 is 2.32. The number of thiophene rings is 1. The zero-order valence-electron chi connectivity index (χ0n) is 25.0. The van der Waals surface area contributed by atoms with E-state index in [0.717, 1.165) is 37.6 Å². The Bertz CT molecular complexity index is 2580. The van der Waals surface area contributed by atoms with E-state index in [1.54, 1.807) is 6.07 Å². The number of aliphatic carboxylic acids is 1. The summed E-state index contributed by atoms with van der Waals surface area (Å²) in [6.07, 6.45) is 1.43. The Morgan fingerprint density at radius 3 is 2.15 bits per heavy atom. The monoisotopic (exact) mass is 611 g/mol. The van der Waals surface area contributed by atoms with Gasteiger partial charge in [0.2, 0.25) is 0 Å². The van der Waals surface area contributed by atoms with Gasteiger partial charge < -0.3 is 5.11 Å². The summed E-state index contributed by atoms with van der Waals surface area (Å²) >= 11 is 1.48. The summed E-state index contributed by atoms with van der Waals surface area (Å²) in [5.74, 6) is -1.22. The van der Waals surface area contributed by atoms with Crippen molar-refractivity contribution in [2.45, 2.75) is 19.3 Å². The van der Waals surface area contributed by atoms with Crippen molar-refractivity contribution >= 4 is 61.6 Å². The first-order valence-electron chi connectivity index (χ1n) is 15.1. The Labute approximate surface area is 268 Å². The third-order valence-electron chi connectivity index (χ3n) is 9.58. The van der Waals surface area contributed by atoms with Crippen LogP contribution in [0.3, 0.4) is 0 Å². The summed E-state index contributed by atoms with van der Waals surface area (Å²) in [6, 6.07) is 38.4. The van der Waals surface area contributed by atoms with Crippen LogP contribution in [0, 0.1) is 11.3 Å². The molecule has 0 saturated heterocycles. The van der Waals surface area contributed by atoms with E-state index in [-0.39, 0.29) is 11.0 Å². The van der Waals surface area contributed by atoms with Crippen molar-refractivity contribution in [3.8, 4) is 38.9 Å². The quantitative estimate of drug-likeness (QED) is 0.159. The molecule has 46 heavy (non-hydrogen) atoms. The minimum Gasteiger partial charge on any atom is -0.477 e. The molecule has 1 N–H and O–H groups in total. The standard InChI is InChI=1S/C40H25N3O2S/c1-40(2)32-18-22(34-20-35-28-7-3-4-8-29(28)37-30-9-5-6-10-31(30)38(42-34)43(35)37)11-14-26(32)27-15-12-23(19-33(27)40)36-16-13-25(46-36)17-24(21-41)39(44)45/h3-20H,1-2H3,(H,44,45)/b24-17-. The number of aromatic nitrogens is 2. The lowest BCUT2D eigenvalue weighted by molar-refractivity contribution is -0.132. The van der Waals surface area contributed by atoms with Crippen LogP contribution in [0.15, 0.2) is 109 Å². The number of carboxylic acid groups (broad SMARTS) is 1. The lowest BCUT2D eigenvalue weighted by Crippen LogP contribution is -2.15. The van der Waals surface area contributed by atoms with Gasteiger partial charge in [0.05, 0.1) is 16.7 Å². The van der Waals surface area contributed by atoms with Gasteiger partial charge in [0, 0.05) is 42.3 Å². The highest BCUT2D eigenvalue weighted by atomic mass is 32.1. The highest BCUT2D eigenvalue weighted by Gasteiger charge is 2.36. The second-order valence-electron chi connectivity index (χ2n) is 12.4. The fourth-order valence-electron chi connectivity index (χ4n) is 7.36. The van der Waals surface area contributed by atoms with Crippen LogP contribution in [0.1, 0.15) is 29.9 Å². The number of carbonyl (C=O) groups is 1. The van der Waals surface area contributed by atoms with E-state index < -0.39 is 5.97 Å². The fourth-order valence-corrected chi connectivity index (χ4v) is 8.31. The summed E-state index contributed by atoms with van der Waals surface area (Å²) in [7, 11) is 0. The van der Waals surface area contributed by atoms with E-state index in [0.29, 0.717) is 0 Å². The number of hydrogen-bond acceptors (Lipinski definition) is 4. The number of rotatable bonds is 4. The Morgan fingerprint density at radius 2 is 1.46 bits per heavy atom. The summed E-state index contributed by atoms with van der Waals surface area (Å²) in [5, 5.41) is 23.3. The Kier molecular flexibility index (Phi) is 5.42. The lowest BCUT2D eigenvalue weighted by atomic mass is 9.81. The molecule has 0 saturated carbocycles. The molecule has 218 valence electrons. The largest absolute Gasteiger partial charge is 0.477 e. The summed E-state index contributed by atoms with van der Waals surface area (Å²) in [5.41, 5.74) is 11.0. The van der Waals surface area contributed by atoms with E-state index in [4.69, 9.17) is 4.98 Å². The van der Waals surface area contributed by atoms with Gasteiger partial charge >= 0.3 is 5.97 Å². The normalized spacial score (nSPS) is 13.9. The SMILES string of the molecule is CC1(C)c2cc(-c3cc4c5ccccc5c5c6ccccc6c(n3)n45)ccc2-c2ccc(-c3ccc(/C=C(/C#N)C(=O)O)s3)cc21. The molecule has 0 spiro atoms. The minimum atomic E-state index is -1.22. The first-order chi connectivity index (χ1) is 22.3. The molecule has 0 amide bonds. The second-order valence-corrected chi connectivity index (χ2v) is 13.6. The van der Waals surface area contributed by atoms with E-state index in [9.17, 15) is 15.2 Å². The van der Waals surface area contributed by atoms with Gasteiger partial charge in [0.15, 0.2) is 0 Å². The number of nitriles is 1. The maximum Gasteiger partial charge on any atom is 0.346 e. The van der Waals surface area contributed by atoms with Crippen LogP contribution in [0.4, 0.5) is 0 Å². The maximum absolute atomic E-state index is 11.3. The fraction of sp³-hybridized carbons (Fsp3) is 0.0750. The predicted octanol–water partition coefficient (Wildman–Crippen LogP) is 9.93. The number of hydrogen-bond donors (Lipinski definition) is 1. The third kappa shape index (κ3) is 3.61. The first kappa shape index (κ1) is 26.6. The molecule has 5 nitrogen and oxygen atoms in total. The van der Waals surface area contributed by atoms with E-state index >= 15 is 0 Å². The predicted molar refractivity (Wildman–Crippen MR) is 186 cm³/mol. The topological polar surface area (TPSA) is 78.4 Å². The number of nitrogens with zero attached hydrogens (tertiary/aromatic N) is 3. The van der Waals surface area contributed by atoms with Crippen LogP contribution < -0.4 is 0 Å². The van der Waals surface area contributed by atoms with Gasteiger partial charge in [-0.05, 0) is 64.2 Å². The van der Waals surface area contributed by atoms with Gasteiger partial charge in [-0.25, -0.2) is 9.78 Å². The van der Waals surface area contributed by atoms with Crippen molar-refractivity contribution in [1.29, 1.82) is 5.26 Å². The summed E-state index contributed by atoms with van der Waals surface area (Å²) in [4.78, 5) is 18.4. The third-order valence-corrected chi connectivity index (χ3v) is 10.7. The van der Waals surface area contributed by atoms with Crippen LogP contribution in [0.25, 0.3) is 77.1 Å². The minimum absolute atomic E-state index is 0.240. The van der Waals surface area contributed by atoms with Crippen LogP contribution in [0.2, 0.25) is 0 Å². The molecule has 0 atom stereocenters. The molecular formula is C40H25N3O2S. The first-order valence-corrected chi connectivity index (χ1v) is 15.9. The second kappa shape index (κ2) is 9.37. The Balaban J connectivity index is 1.16. The van der Waals surface area contributed by atoms with Crippen molar-refractivity contribution < 1.29 is 9.90 Å². The average Bonchev–Trinajstić information content (AvgIpc) is 3.82. The van der Waals surface area contributed by atoms with Crippen LogP contribution >= 0.6 is 11.3 Å². The van der Waals surface area contributed by atoms with E-state index in [2.05, 4.69) is 109 Å². The van der Waals surface area contributed by atoms with Crippen LogP contribution in [-0.4, -0.2) is 20.5 Å². The van der Waals surface area contributed by atoms with Gasteiger partial charge in [0.25, 0.3) is 0 Å². The molecule has 0 bridgehead atoms. The van der Waals surface area contributed by atoms with Gasteiger partial charge in [0.1, 0.15) is 17.3 Å². The molecule has 0 fully saturated rings. The molecule has 1 aliphatic rings. The number of carboxylic acids is 1. The molecular weight excluding hydrogens is 587 g/mol. The maximum atomic E-state index is 11.3. The summed E-state index contributed by atoms with van der Waals surface area (Å²) in [6.45, 7) is 4.55. The van der Waals surface area contributed by atoms with Crippen molar-refractivity contribution in [2.24, 2.45) is 0 Å². The van der Waals surface area contributed by atoms with E-state index in [1.807, 2.05) is 12.1 Å². The van der Waals surface area contributed by atoms with Crippen LogP contribution in [-0.2, 0) is 10.2 Å². The Morgan fingerprint density at radius 1 is 0.826 bits per heavy atom. The van der Waals surface area contributed by atoms with E-state index in [1.165, 1.54) is 66.9 Å². The molecule has 6 heteroatoms.